The molecular weight excluding hydrogens is 457 g/mol. The number of nitrogens with two attached hydrogens (primary N) is 1. The Labute approximate surface area is 170 Å². The van der Waals surface area contributed by atoms with E-state index in [0.29, 0.717) is 35.2 Å². The molecule has 0 saturated heterocycles. The van der Waals surface area contributed by atoms with Gasteiger partial charge in [0.1, 0.15) is 12.0 Å². The van der Waals surface area contributed by atoms with Crippen molar-refractivity contribution >= 4 is 57.3 Å². The standard InChI is InChI=1S/C19H18IN5O2/c1-2-27-19(26)14-5-3-4-6-15(14)25-18-16(21)17(22-11-23-18)24-13-9-7-12(20)8-10-13/h3-11H,2,21H2,1H3,(H2,22,23,24,25). The minimum Gasteiger partial charge on any atom is -0.462 e. The molecule has 0 aliphatic heterocycles. The number of nitrogen functional groups attached to an aromatic ring is 1. The zero-order valence-corrected chi connectivity index (χ0v) is 16.7. The average molecular weight is 475 g/mol. The van der Waals surface area contributed by atoms with Crippen LogP contribution < -0.4 is 16.4 Å². The average Bonchev–Trinajstić information content (AvgIpc) is 2.67. The van der Waals surface area contributed by atoms with Gasteiger partial charge in [-0.3, -0.25) is 0 Å². The summed E-state index contributed by atoms with van der Waals surface area (Å²) in [4.78, 5) is 20.5. The van der Waals surface area contributed by atoms with E-state index in [9.17, 15) is 4.79 Å². The molecular formula is C19H18IN5O2. The molecule has 3 aromatic rings. The van der Waals surface area contributed by atoms with Gasteiger partial charge >= 0.3 is 5.97 Å². The number of benzene rings is 2. The number of carbonyl (C=O) groups is 1. The summed E-state index contributed by atoms with van der Waals surface area (Å²) >= 11 is 2.24. The van der Waals surface area contributed by atoms with Gasteiger partial charge in [0.15, 0.2) is 11.6 Å². The highest BCUT2D eigenvalue weighted by Gasteiger charge is 2.15. The van der Waals surface area contributed by atoms with Crippen LogP contribution in [-0.4, -0.2) is 22.5 Å². The van der Waals surface area contributed by atoms with E-state index >= 15 is 0 Å². The van der Waals surface area contributed by atoms with Gasteiger partial charge < -0.3 is 21.1 Å². The van der Waals surface area contributed by atoms with Gasteiger partial charge in [-0.2, -0.15) is 0 Å². The number of nitrogens with zero attached hydrogens (tertiary/aromatic N) is 2. The van der Waals surface area contributed by atoms with Crippen LogP contribution in [-0.2, 0) is 4.74 Å². The number of para-hydroxylation sites is 1. The molecule has 0 radical (unpaired) electrons. The van der Waals surface area contributed by atoms with E-state index in [1.165, 1.54) is 6.33 Å². The fourth-order valence-corrected chi connectivity index (χ4v) is 2.73. The quantitative estimate of drug-likeness (QED) is 0.360. The smallest absolute Gasteiger partial charge is 0.340 e. The van der Waals surface area contributed by atoms with Gasteiger partial charge in [0.05, 0.1) is 17.9 Å². The summed E-state index contributed by atoms with van der Waals surface area (Å²) in [7, 11) is 0. The zero-order valence-electron chi connectivity index (χ0n) is 14.6. The summed E-state index contributed by atoms with van der Waals surface area (Å²) in [6, 6.07) is 14.9. The number of anilines is 5. The van der Waals surface area contributed by atoms with Crippen molar-refractivity contribution in [3.63, 3.8) is 0 Å². The number of hydrogen-bond donors (Lipinski definition) is 3. The van der Waals surface area contributed by atoms with E-state index in [4.69, 9.17) is 10.5 Å². The van der Waals surface area contributed by atoms with Crippen molar-refractivity contribution in [2.75, 3.05) is 23.0 Å². The topological polar surface area (TPSA) is 102 Å². The van der Waals surface area contributed by atoms with Crippen LogP contribution in [0.5, 0.6) is 0 Å². The highest BCUT2D eigenvalue weighted by molar-refractivity contribution is 14.1. The van der Waals surface area contributed by atoms with E-state index in [0.717, 1.165) is 9.26 Å². The molecule has 1 aromatic heterocycles. The van der Waals surface area contributed by atoms with Crippen LogP contribution in [0.1, 0.15) is 17.3 Å². The monoisotopic (exact) mass is 475 g/mol. The molecule has 0 amide bonds. The largest absolute Gasteiger partial charge is 0.462 e. The lowest BCUT2D eigenvalue weighted by molar-refractivity contribution is 0.0527. The van der Waals surface area contributed by atoms with Crippen molar-refractivity contribution in [2.24, 2.45) is 0 Å². The normalized spacial score (nSPS) is 10.3. The van der Waals surface area contributed by atoms with Crippen LogP contribution in [0.3, 0.4) is 0 Å². The van der Waals surface area contributed by atoms with E-state index < -0.39 is 5.97 Å². The lowest BCUT2D eigenvalue weighted by Gasteiger charge is -2.14. The second-order valence-corrected chi connectivity index (χ2v) is 6.75. The lowest BCUT2D eigenvalue weighted by atomic mass is 10.2. The molecule has 0 fully saturated rings. The Morgan fingerprint density at radius 2 is 1.74 bits per heavy atom. The predicted molar refractivity (Wildman–Crippen MR) is 115 cm³/mol. The van der Waals surface area contributed by atoms with Crippen LogP contribution in [0.25, 0.3) is 0 Å². The predicted octanol–water partition coefficient (Wildman–Crippen LogP) is 4.33. The molecule has 27 heavy (non-hydrogen) atoms. The molecule has 0 spiro atoms. The molecule has 0 unspecified atom stereocenters. The van der Waals surface area contributed by atoms with Gasteiger partial charge in [-0.1, -0.05) is 12.1 Å². The van der Waals surface area contributed by atoms with E-state index in [2.05, 4.69) is 43.2 Å². The zero-order chi connectivity index (χ0) is 19.2. The molecule has 8 heteroatoms. The van der Waals surface area contributed by atoms with Crippen LogP contribution in [0, 0.1) is 3.57 Å². The summed E-state index contributed by atoms with van der Waals surface area (Å²) < 4.78 is 6.22. The van der Waals surface area contributed by atoms with Gasteiger partial charge in [0.2, 0.25) is 0 Å². The highest BCUT2D eigenvalue weighted by atomic mass is 127. The van der Waals surface area contributed by atoms with Crippen LogP contribution in [0.4, 0.5) is 28.7 Å². The summed E-state index contributed by atoms with van der Waals surface area (Å²) in [6.07, 6.45) is 1.40. The molecule has 4 N–H and O–H groups in total. The number of ether oxygens (including phenoxy) is 1. The van der Waals surface area contributed by atoms with Crippen LogP contribution in [0.2, 0.25) is 0 Å². The summed E-state index contributed by atoms with van der Waals surface area (Å²) in [5.41, 5.74) is 8.39. The van der Waals surface area contributed by atoms with Gasteiger partial charge in [-0.25, -0.2) is 14.8 Å². The maximum absolute atomic E-state index is 12.1. The molecule has 138 valence electrons. The number of rotatable bonds is 6. The van der Waals surface area contributed by atoms with Crippen molar-refractivity contribution in [3.8, 4) is 0 Å². The Morgan fingerprint density at radius 1 is 1.07 bits per heavy atom. The molecule has 0 atom stereocenters. The fraction of sp³-hybridized carbons (Fsp3) is 0.105. The molecule has 0 aliphatic rings. The van der Waals surface area contributed by atoms with E-state index in [1.807, 2.05) is 30.3 Å². The van der Waals surface area contributed by atoms with E-state index in [-0.39, 0.29) is 0 Å². The van der Waals surface area contributed by atoms with E-state index in [1.54, 1.807) is 25.1 Å². The van der Waals surface area contributed by atoms with Gasteiger partial charge in [-0.05, 0) is 65.9 Å². The second kappa shape index (κ2) is 8.67. The molecule has 2 aromatic carbocycles. The molecule has 1 heterocycles. The third kappa shape index (κ3) is 4.64. The molecule has 3 rings (SSSR count). The first-order chi connectivity index (χ1) is 13.1. The number of carbonyl (C=O) groups excluding carboxylic acids is 1. The molecule has 7 nitrogen and oxygen atoms in total. The molecule has 0 saturated carbocycles. The van der Waals surface area contributed by atoms with Crippen LogP contribution >= 0.6 is 22.6 Å². The van der Waals surface area contributed by atoms with Crippen LogP contribution in [0.15, 0.2) is 54.9 Å². The molecule has 0 bridgehead atoms. The second-order valence-electron chi connectivity index (χ2n) is 5.51. The molecule has 0 aliphatic carbocycles. The maximum Gasteiger partial charge on any atom is 0.340 e. The third-order valence-electron chi connectivity index (χ3n) is 3.67. The van der Waals surface area contributed by atoms with Gasteiger partial charge in [0, 0.05) is 9.26 Å². The first-order valence-corrected chi connectivity index (χ1v) is 9.32. The first kappa shape index (κ1) is 18.9. The van der Waals surface area contributed by atoms with Crippen molar-refractivity contribution in [1.82, 2.24) is 9.97 Å². The Morgan fingerprint density at radius 3 is 2.44 bits per heavy atom. The summed E-state index contributed by atoms with van der Waals surface area (Å²) in [6.45, 7) is 2.06. The minimum absolute atomic E-state index is 0.299. The highest BCUT2D eigenvalue weighted by Crippen LogP contribution is 2.29. The number of esters is 1. The Hall–Kier alpha value is -2.88. The lowest BCUT2D eigenvalue weighted by Crippen LogP contribution is -2.10. The first-order valence-electron chi connectivity index (χ1n) is 8.24. The van der Waals surface area contributed by atoms with Crippen molar-refractivity contribution in [2.45, 2.75) is 6.92 Å². The number of halogens is 1. The minimum atomic E-state index is -0.412. The fourth-order valence-electron chi connectivity index (χ4n) is 2.37. The van der Waals surface area contributed by atoms with Crippen molar-refractivity contribution in [3.05, 3.63) is 64.0 Å². The number of nitrogens with one attached hydrogen (secondary N) is 2. The Bertz CT molecular complexity index is 947. The Balaban J connectivity index is 1.87. The summed E-state index contributed by atoms with van der Waals surface area (Å²) in [5.74, 6) is 0.461. The maximum atomic E-state index is 12.1. The van der Waals surface area contributed by atoms with Gasteiger partial charge in [0.25, 0.3) is 0 Å². The Kier molecular flexibility index (Phi) is 6.07. The SMILES string of the molecule is CCOC(=O)c1ccccc1Nc1ncnc(Nc2ccc(I)cc2)c1N. The van der Waals surface area contributed by atoms with Gasteiger partial charge in [-0.15, -0.1) is 0 Å². The third-order valence-corrected chi connectivity index (χ3v) is 4.39. The van der Waals surface area contributed by atoms with Crippen molar-refractivity contribution in [1.29, 1.82) is 0 Å². The number of hydrogen-bond acceptors (Lipinski definition) is 7. The summed E-state index contributed by atoms with van der Waals surface area (Å²) in [5, 5.41) is 6.27. The van der Waals surface area contributed by atoms with Crippen molar-refractivity contribution < 1.29 is 9.53 Å². The number of aromatic nitrogens is 2.